The van der Waals surface area contributed by atoms with E-state index in [1.807, 2.05) is 0 Å². The molecule has 0 unspecified atom stereocenters. The van der Waals surface area contributed by atoms with Crippen molar-refractivity contribution in [3.8, 4) is 0 Å². The van der Waals surface area contributed by atoms with Crippen molar-refractivity contribution in [3.05, 3.63) is 0 Å². The molecule has 1 atom stereocenters. The molecule has 0 aromatic heterocycles. The lowest BCUT2D eigenvalue weighted by Gasteiger charge is -2.26. The molecule has 1 saturated heterocycles. The highest BCUT2D eigenvalue weighted by Gasteiger charge is 2.48. The summed E-state index contributed by atoms with van der Waals surface area (Å²) in [5, 5.41) is 12.1. The van der Waals surface area contributed by atoms with Crippen LogP contribution >= 0.6 is 0 Å². The number of aliphatic hydroxyl groups is 1. The second kappa shape index (κ2) is 1.72. The van der Waals surface area contributed by atoms with Gasteiger partial charge in [-0.3, -0.25) is 4.79 Å². The van der Waals surface area contributed by atoms with Crippen LogP contribution in [0.1, 0.15) is 25.7 Å². The molecule has 0 bridgehead atoms. The molecule has 2 rings (SSSR count). The van der Waals surface area contributed by atoms with Crippen LogP contribution < -0.4 is 5.32 Å². The molecule has 3 nitrogen and oxygen atoms in total. The Morgan fingerprint density at radius 3 is 2.80 bits per heavy atom. The molecular formula is C7H11NO2. The SMILES string of the molecule is O=C1C[C@@H](O)CC2(CC2)N1. The normalized spacial score (nSPS) is 35.7. The average molecular weight is 141 g/mol. The molecule has 1 amide bonds. The fourth-order valence-corrected chi connectivity index (χ4v) is 1.62. The molecule has 1 aliphatic heterocycles. The summed E-state index contributed by atoms with van der Waals surface area (Å²) in [6, 6.07) is 0. The monoisotopic (exact) mass is 141 g/mol. The van der Waals surface area contributed by atoms with Crippen molar-refractivity contribution in [1.82, 2.24) is 5.32 Å². The molecule has 3 heteroatoms. The van der Waals surface area contributed by atoms with Crippen LogP contribution in [0.3, 0.4) is 0 Å². The fraction of sp³-hybridized carbons (Fsp3) is 0.857. The largest absolute Gasteiger partial charge is 0.393 e. The molecule has 10 heavy (non-hydrogen) atoms. The Hall–Kier alpha value is -0.570. The van der Waals surface area contributed by atoms with Crippen LogP contribution in [0.15, 0.2) is 0 Å². The van der Waals surface area contributed by atoms with Crippen molar-refractivity contribution in [2.45, 2.75) is 37.3 Å². The van der Waals surface area contributed by atoms with E-state index >= 15 is 0 Å². The number of carbonyl (C=O) groups excluding carboxylic acids is 1. The number of aliphatic hydroxyl groups excluding tert-OH is 1. The quantitative estimate of drug-likeness (QED) is 0.490. The Morgan fingerprint density at radius 2 is 2.30 bits per heavy atom. The van der Waals surface area contributed by atoms with Crippen LogP contribution in [0.2, 0.25) is 0 Å². The van der Waals surface area contributed by atoms with Crippen LogP contribution in [0, 0.1) is 0 Å². The van der Waals surface area contributed by atoms with E-state index in [0.717, 1.165) is 19.3 Å². The van der Waals surface area contributed by atoms with Crippen LogP contribution in [0.4, 0.5) is 0 Å². The number of amides is 1. The summed E-state index contributed by atoms with van der Waals surface area (Å²) in [7, 11) is 0. The van der Waals surface area contributed by atoms with E-state index in [-0.39, 0.29) is 11.4 Å². The van der Waals surface area contributed by atoms with Crippen molar-refractivity contribution in [3.63, 3.8) is 0 Å². The van der Waals surface area contributed by atoms with Gasteiger partial charge in [0.25, 0.3) is 0 Å². The van der Waals surface area contributed by atoms with Gasteiger partial charge in [-0.2, -0.15) is 0 Å². The Balaban J connectivity index is 2.07. The first-order valence-corrected chi connectivity index (χ1v) is 3.69. The first-order valence-electron chi connectivity index (χ1n) is 3.69. The first kappa shape index (κ1) is 6.16. The Bertz CT molecular complexity index is 174. The summed E-state index contributed by atoms with van der Waals surface area (Å²) in [6.07, 6.45) is 2.77. The van der Waals surface area contributed by atoms with E-state index in [4.69, 9.17) is 0 Å². The molecule has 0 radical (unpaired) electrons. The summed E-state index contributed by atoms with van der Waals surface area (Å²) in [6.45, 7) is 0. The molecule has 0 aromatic carbocycles. The molecule has 2 fully saturated rings. The maximum Gasteiger partial charge on any atom is 0.223 e. The third-order valence-electron chi connectivity index (χ3n) is 2.31. The second-order valence-corrected chi connectivity index (χ2v) is 3.39. The number of carbonyl (C=O) groups is 1. The summed E-state index contributed by atoms with van der Waals surface area (Å²) in [4.78, 5) is 10.9. The van der Waals surface area contributed by atoms with Crippen molar-refractivity contribution >= 4 is 5.91 Å². The molecule has 1 aliphatic carbocycles. The number of hydrogen-bond donors (Lipinski definition) is 2. The fourth-order valence-electron chi connectivity index (χ4n) is 1.62. The maximum absolute atomic E-state index is 10.9. The van der Waals surface area contributed by atoms with E-state index < -0.39 is 6.10 Å². The van der Waals surface area contributed by atoms with Crippen LogP contribution in [-0.4, -0.2) is 22.7 Å². The van der Waals surface area contributed by atoms with Crippen molar-refractivity contribution in [2.24, 2.45) is 0 Å². The minimum atomic E-state index is -0.392. The zero-order valence-electron chi connectivity index (χ0n) is 5.76. The molecular weight excluding hydrogens is 130 g/mol. The topological polar surface area (TPSA) is 49.3 Å². The number of piperidine rings is 1. The van der Waals surface area contributed by atoms with Gasteiger partial charge in [0.2, 0.25) is 5.91 Å². The van der Waals surface area contributed by atoms with Gasteiger partial charge < -0.3 is 10.4 Å². The first-order chi connectivity index (χ1) is 4.70. The zero-order valence-corrected chi connectivity index (χ0v) is 5.76. The van der Waals surface area contributed by atoms with Crippen molar-refractivity contribution in [1.29, 1.82) is 0 Å². The predicted molar refractivity (Wildman–Crippen MR) is 35.3 cm³/mol. The Labute approximate surface area is 59.4 Å². The smallest absolute Gasteiger partial charge is 0.223 e. The lowest BCUT2D eigenvalue weighted by molar-refractivity contribution is -0.126. The lowest BCUT2D eigenvalue weighted by Crippen LogP contribution is -2.46. The van der Waals surface area contributed by atoms with Gasteiger partial charge in [-0.1, -0.05) is 0 Å². The third kappa shape index (κ3) is 0.904. The highest BCUT2D eigenvalue weighted by Crippen LogP contribution is 2.42. The molecule has 1 spiro atoms. The Kier molecular flexibility index (Phi) is 1.06. The van der Waals surface area contributed by atoms with Gasteiger partial charge in [0, 0.05) is 5.54 Å². The molecule has 1 saturated carbocycles. The van der Waals surface area contributed by atoms with Gasteiger partial charge in [-0.25, -0.2) is 0 Å². The van der Waals surface area contributed by atoms with E-state index in [1.54, 1.807) is 0 Å². The number of hydrogen-bond acceptors (Lipinski definition) is 2. The summed E-state index contributed by atoms with van der Waals surface area (Å²) in [5.41, 5.74) is 0.0226. The molecule has 1 heterocycles. The standard InChI is InChI=1S/C7H11NO2/c9-5-3-6(10)8-7(4-5)1-2-7/h5,9H,1-4H2,(H,8,10)/t5-/m1/s1. The van der Waals surface area contributed by atoms with Gasteiger partial charge in [-0.05, 0) is 19.3 Å². The zero-order chi connectivity index (χ0) is 7.19. The van der Waals surface area contributed by atoms with E-state index in [0.29, 0.717) is 6.42 Å². The van der Waals surface area contributed by atoms with Crippen molar-refractivity contribution < 1.29 is 9.90 Å². The molecule has 2 N–H and O–H groups in total. The van der Waals surface area contributed by atoms with E-state index in [9.17, 15) is 9.90 Å². The van der Waals surface area contributed by atoms with Crippen LogP contribution in [0.5, 0.6) is 0 Å². The lowest BCUT2D eigenvalue weighted by atomic mass is 10.00. The number of nitrogens with one attached hydrogen (secondary N) is 1. The minimum Gasteiger partial charge on any atom is -0.393 e. The second-order valence-electron chi connectivity index (χ2n) is 3.39. The van der Waals surface area contributed by atoms with Gasteiger partial charge >= 0.3 is 0 Å². The Morgan fingerprint density at radius 1 is 1.60 bits per heavy atom. The molecule has 0 aromatic rings. The highest BCUT2D eigenvalue weighted by atomic mass is 16.3. The average Bonchev–Trinajstić information content (AvgIpc) is 2.44. The van der Waals surface area contributed by atoms with Gasteiger partial charge in [0.15, 0.2) is 0 Å². The molecule has 2 aliphatic rings. The van der Waals surface area contributed by atoms with Crippen LogP contribution in [0.25, 0.3) is 0 Å². The number of rotatable bonds is 0. The van der Waals surface area contributed by atoms with Gasteiger partial charge in [-0.15, -0.1) is 0 Å². The van der Waals surface area contributed by atoms with E-state index in [1.165, 1.54) is 0 Å². The summed E-state index contributed by atoms with van der Waals surface area (Å²) in [5.74, 6) is 0.0104. The van der Waals surface area contributed by atoms with Crippen molar-refractivity contribution in [2.75, 3.05) is 0 Å². The van der Waals surface area contributed by atoms with Gasteiger partial charge in [0.1, 0.15) is 0 Å². The third-order valence-corrected chi connectivity index (χ3v) is 2.31. The minimum absolute atomic E-state index is 0.0104. The summed E-state index contributed by atoms with van der Waals surface area (Å²) < 4.78 is 0. The maximum atomic E-state index is 10.9. The predicted octanol–water partition coefficient (Wildman–Crippen LogP) is -0.210. The molecule has 56 valence electrons. The van der Waals surface area contributed by atoms with E-state index in [2.05, 4.69) is 5.32 Å². The van der Waals surface area contributed by atoms with Gasteiger partial charge in [0.05, 0.1) is 12.5 Å². The van der Waals surface area contributed by atoms with Crippen LogP contribution in [-0.2, 0) is 4.79 Å². The highest BCUT2D eigenvalue weighted by molar-refractivity contribution is 5.78. The summed E-state index contributed by atoms with van der Waals surface area (Å²) >= 11 is 0.